The molecular formula is C24H26N4O5. The number of piperazine rings is 1. The van der Waals surface area contributed by atoms with E-state index in [0.717, 1.165) is 12.1 Å². The highest BCUT2D eigenvalue weighted by molar-refractivity contribution is 5.99. The SMILES string of the molecule is O=C(NCC(=O)N1CCN(C(=O)c2ccccc2O)CC1)c1ccc(N2CCCC2=O)cc1. The van der Waals surface area contributed by atoms with E-state index in [1.807, 2.05) is 0 Å². The van der Waals surface area contributed by atoms with Crippen molar-refractivity contribution in [3.8, 4) is 5.75 Å². The molecule has 0 aromatic heterocycles. The largest absolute Gasteiger partial charge is 0.507 e. The Labute approximate surface area is 191 Å². The summed E-state index contributed by atoms with van der Waals surface area (Å²) >= 11 is 0. The molecule has 33 heavy (non-hydrogen) atoms. The molecule has 4 amide bonds. The molecule has 2 N–H and O–H groups in total. The molecule has 2 saturated heterocycles. The van der Waals surface area contributed by atoms with Gasteiger partial charge in [-0.1, -0.05) is 12.1 Å². The number of carbonyl (C=O) groups is 4. The Morgan fingerprint density at radius 1 is 0.879 bits per heavy atom. The van der Waals surface area contributed by atoms with Crippen LogP contribution in [0.4, 0.5) is 5.69 Å². The van der Waals surface area contributed by atoms with Gasteiger partial charge in [0.05, 0.1) is 12.1 Å². The zero-order chi connectivity index (χ0) is 23.4. The van der Waals surface area contributed by atoms with Gasteiger partial charge in [0.25, 0.3) is 11.8 Å². The minimum atomic E-state index is -0.365. The first-order chi connectivity index (χ1) is 15.9. The molecule has 9 nitrogen and oxygen atoms in total. The summed E-state index contributed by atoms with van der Waals surface area (Å²) in [4.78, 5) is 54.3. The van der Waals surface area contributed by atoms with E-state index >= 15 is 0 Å². The summed E-state index contributed by atoms with van der Waals surface area (Å²) < 4.78 is 0. The van der Waals surface area contributed by atoms with Crippen LogP contribution in [0, 0.1) is 0 Å². The van der Waals surface area contributed by atoms with Crippen LogP contribution < -0.4 is 10.2 Å². The maximum absolute atomic E-state index is 12.6. The number of benzene rings is 2. The molecule has 2 aromatic rings. The van der Waals surface area contributed by atoms with E-state index in [0.29, 0.717) is 44.7 Å². The second-order valence-electron chi connectivity index (χ2n) is 8.07. The lowest BCUT2D eigenvalue weighted by atomic mass is 10.1. The van der Waals surface area contributed by atoms with Crippen molar-refractivity contribution in [1.29, 1.82) is 0 Å². The fourth-order valence-corrected chi connectivity index (χ4v) is 4.07. The van der Waals surface area contributed by atoms with Crippen LogP contribution in [-0.2, 0) is 9.59 Å². The average molecular weight is 450 g/mol. The van der Waals surface area contributed by atoms with Gasteiger partial charge in [0.1, 0.15) is 5.75 Å². The topological polar surface area (TPSA) is 110 Å². The number of phenols is 1. The second-order valence-corrected chi connectivity index (χ2v) is 8.07. The van der Waals surface area contributed by atoms with Crippen LogP contribution >= 0.6 is 0 Å². The molecule has 2 aliphatic heterocycles. The van der Waals surface area contributed by atoms with Crippen molar-refractivity contribution < 1.29 is 24.3 Å². The number of aromatic hydroxyl groups is 1. The molecule has 9 heteroatoms. The maximum atomic E-state index is 12.6. The first kappa shape index (κ1) is 22.3. The molecule has 2 aromatic carbocycles. The van der Waals surface area contributed by atoms with Gasteiger partial charge in [0, 0.05) is 50.4 Å². The van der Waals surface area contributed by atoms with E-state index in [4.69, 9.17) is 0 Å². The summed E-state index contributed by atoms with van der Waals surface area (Å²) in [6.07, 6.45) is 1.38. The molecule has 0 atom stereocenters. The number of para-hydroxylation sites is 1. The van der Waals surface area contributed by atoms with Gasteiger partial charge >= 0.3 is 0 Å². The number of rotatable bonds is 5. The molecule has 2 aliphatic rings. The van der Waals surface area contributed by atoms with Gasteiger partial charge in [-0.05, 0) is 42.8 Å². The molecule has 0 saturated carbocycles. The Hall–Kier alpha value is -3.88. The van der Waals surface area contributed by atoms with E-state index in [2.05, 4.69) is 5.32 Å². The van der Waals surface area contributed by atoms with Crippen molar-refractivity contribution in [2.45, 2.75) is 12.8 Å². The van der Waals surface area contributed by atoms with Crippen LogP contribution in [0.25, 0.3) is 0 Å². The smallest absolute Gasteiger partial charge is 0.257 e. The first-order valence-corrected chi connectivity index (χ1v) is 11.0. The minimum absolute atomic E-state index is 0.0659. The van der Waals surface area contributed by atoms with Gasteiger partial charge in [-0.2, -0.15) is 0 Å². The van der Waals surface area contributed by atoms with Crippen LogP contribution in [-0.4, -0.2) is 77.8 Å². The van der Waals surface area contributed by atoms with Gasteiger partial charge in [0.2, 0.25) is 11.8 Å². The van der Waals surface area contributed by atoms with Gasteiger partial charge in [-0.3, -0.25) is 19.2 Å². The van der Waals surface area contributed by atoms with Crippen LogP contribution in [0.15, 0.2) is 48.5 Å². The minimum Gasteiger partial charge on any atom is -0.507 e. The van der Waals surface area contributed by atoms with E-state index in [1.54, 1.807) is 57.2 Å². The highest BCUT2D eigenvalue weighted by Gasteiger charge is 2.26. The van der Waals surface area contributed by atoms with Gasteiger partial charge in [-0.25, -0.2) is 0 Å². The molecule has 0 radical (unpaired) electrons. The quantitative estimate of drug-likeness (QED) is 0.712. The lowest BCUT2D eigenvalue weighted by Crippen LogP contribution is -2.52. The molecular weight excluding hydrogens is 424 g/mol. The fraction of sp³-hybridized carbons (Fsp3) is 0.333. The summed E-state index contributed by atoms with van der Waals surface area (Å²) in [7, 11) is 0. The molecule has 172 valence electrons. The Morgan fingerprint density at radius 2 is 1.55 bits per heavy atom. The maximum Gasteiger partial charge on any atom is 0.257 e. The molecule has 0 unspecified atom stereocenters. The Kier molecular flexibility index (Phi) is 6.58. The Balaban J connectivity index is 1.25. The third-order valence-corrected chi connectivity index (χ3v) is 5.97. The van der Waals surface area contributed by atoms with Crippen molar-refractivity contribution in [2.24, 2.45) is 0 Å². The monoisotopic (exact) mass is 450 g/mol. The molecule has 0 spiro atoms. The van der Waals surface area contributed by atoms with Crippen LogP contribution in [0.5, 0.6) is 5.75 Å². The van der Waals surface area contributed by atoms with E-state index < -0.39 is 0 Å². The highest BCUT2D eigenvalue weighted by Crippen LogP contribution is 2.22. The van der Waals surface area contributed by atoms with E-state index in [9.17, 15) is 24.3 Å². The number of anilines is 1. The standard InChI is InChI=1S/C24H26N4O5/c29-20-5-2-1-4-19(20)24(33)27-14-12-26(13-15-27)22(31)16-25-23(32)17-7-9-18(10-8-17)28-11-3-6-21(28)30/h1-2,4-5,7-10,29H,3,6,11-16H2,(H,25,32). The third kappa shape index (κ3) is 4.97. The lowest BCUT2D eigenvalue weighted by molar-refractivity contribution is -0.131. The van der Waals surface area contributed by atoms with Crippen molar-refractivity contribution in [3.63, 3.8) is 0 Å². The highest BCUT2D eigenvalue weighted by atomic mass is 16.3. The Morgan fingerprint density at radius 3 is 2.18 bits per heavy atom. The van der Waals surface area contributed by atoms with Gasteiger partial charge < -0.3 is 25.1 Å². The van der Waals surface area contributed by atoms with Crippen molar-refractivity contribution >= 4 is 29.3 Å². The summed E-state index contributed by atoms with van der Waals surface area (Å²) in [5.74, 6) is -0.843. The number of hydrogen-bond acceptors (Lipinski definition) is 5. The number of nitrogens with zero attached hydrogens (tertiary/aromatic N) is 3. The predicted molar refractivity (Wildman–Crippen MR) is 121 cm³/mol. The molecule has 0 aliphatic carbocycles. The van der Waals surface area contributed by atoms with Crippen molar-refractivity contribution in [2.75, 3.05) is 44.2 Å². The summed E-state index contributed by atoms with van der Waals surface area (Å²) in [6.45, 7) is 1.95. The van der Waals surface area contributed by atoms with E-state index in [-0.39, 0.29) is 41.5 Å². The van der Waals surface area contributed by atoms with Crippen LogP contribution in [0.1, 0.15) is 33.6 Å². The van der Waals surface area contributed by atoms with Crippen molar-refractivity contribution in [1.82, 2.24) is 15.1 Å². The predicted octanol–water partition coefficient (Wildman–Crippen LogP) is 1.23. The van der Waals surface area contributed by atoms with Gasteiger partial charge in [0.15, 0.2) is 0 Å². The number of carbonyl (C=O) groups excluding carboxylic acids is 4. The van der Waals surface area contributed by atoms with Crippen LogP contribution in [0.3, 0.4) is 0 Å². The van der Waals surface area contributed by atoms with Gasteiger partial charge in [-0.15, -0.1) is 0 Å². The van der Waals surface area contributed by atoms with Crippen LogP contribution in [0.2, 0.25) is 0 Å². The molecule has 0 bridgehead atoms. The second kappa shape index (κ2) is 9.72. The average Bonchev–Trinajstić information content (AvgIpc) is 3.28. The molecule has 2 heterocycles. The molecule has 4 rings (SSSR count). The zero-order valence-electron chi connectivity index (χ0n) is 18.2. The third-order valence-electron chi connectivity index (χ3n) is 5.97. The zero-order valence-corrected chi connectivity index (χ0v) is 18.2. The first-order valence-electron chi connectivity index (χ1n) is 11.0. The summed E-state index contributed by atoms with van der Waals surface area (Å²) in [6, 6.07) is 13.1. The normalized spacial score (nSPS) is 16.1. The van der Waals surface area contributed by atoms with Crippen molar-refractivity contribution in [3.05, 3.63) is 59.7 Å². The Bertz CT molecular complexity index is 1060. The number of phenolic OH excluding ortho intramolecular Hbond substituents is 1. The number of nitrogens with one attached hydrogen (secondary N) is 1. The number of hydrogen-bond donors (Lipinski definition) is 2. The lowest BCUT2D eigenvalue weighted by Gasteiger charge is -2.35. The van der Waals surface area contributed by atoms with E-state index in [1.165, 1.54) is 6.07 Å². The fourth-order valence-electron chi connectivity index (χ4n) is 4.07. The summed E-state index contributed by atoms with van der Waals surface area (Å²) in [5, 5.41) is 12.5. The molecule has 2 fully saturated rings. The number of amides is 4. The summed E-state index contributed by atoms with van der Waals surface area (Å²) in [5.41, 5.74) is 1.42.